The molecule has 0 radical (unpaired) electrons. The highest BCUT2D eigenvalue weighted by Gasteiger charge is 2.17. The summed E-state index contributed by atoms with van der Waals surface area (Å²) in [5.41, 5.74) is 9.44. The second-order valence-corrected chi connectivity index (χ2v) is 5.31. The molecule has 0 fully saturated rings. The molecule has 0 saturated heterocycles. The van der Waals surface area contributed by atoms with Crippen molar-refractivity contribution in [1.29, 1.82) is 0 Å². The highest BCUT2D eigenvalue weighted by atomic mass is 35.5. The van der Waals surface area contributed by atoms with E-state index in [-0.39, 0.29) is 5.02 Å². The van der Waals surface area contributed by atoms with Crippen molar-refractivity contribution in [1.82, 2.24) is 19.3 Å². The van der Waals surface area contributed by atoms with Crippen LogP contribution in [0.25, 0.3) is 11.2 Å². The van der Waals surface area contributed by atoms with E-state index in [4.69, 9.17) is 17.3 Å². The Morgan fingerprint density at radius 2 is 2.14 bits per heavy atom. The van der Waals surface area contributed by atoms with Gasteiger partial charge in [-0.15, -0.1) is 0 Å². The fourth-order valence-electron chi connectivity index (χ4n) is 2.47. The van der Waals surface area contributed by atoms with Gasteiger partial charge in [0.2, 0.25) is 5.95 Å². The maximum atomic E-state index is 13.2. The quantitative estimate of drug-likeness (QED) is 0.809. The van der Waals surface area contributed by atoms with Crippen LogP contribution in [0.5, 0.6) is 0 Å². The zero-order valence-electron chi connectivity index (χ0n) is 11.8. The smallest absolute Gasteiger partial charge is 0.202 e. The van der Waals surface area contributed by atoms with Crippen LogP contribution < -0.4 is 5.73 Å². The normalized spacial score (nSPS) is 11.4. The predicted octanol–water partition coefficient (Wildman–Crippen LogP) is 2.76. The van der Waals surface area contributed by atoms with E-state index >= 15 is 0 Å². The molecule has 21 heavy (non-hydrogen) atoms. The minimum absolute atomic E-state index is 0.0988. The number of hydrogen-bond donors (Lipinski definition) is 1. The van der Waals surface area contributed by atoms with Crippen LogP contribution in [0.15, 0.2) is 18.2 Å². The molecule has 2 aromatic heterocycles. The lowest BCUT2D eigenvalue weighted by atomic mass is 10.2. The van der Waals surface area contributed by atoms with Crippen molar-refractivity contribution in [3.8, 4) is 0 Å². The fraction of sp³-hybridized carbons (Fsp3) is 0.286. The first-order valence-electron chi connectivity index (χ1n) is 6.62. The van der Waals surface area contributed by atoms with Gasteiger partial charge in [0.1, 0.15) is 11.3 Å². The number of hydrogen-bond acceptors (Lipinski definition) is 3. The summed E-state index contributed by atoms with van der Waals surface area (Å²) in [4.78, 5) is 4.39. The van der Waals surface area contributed by atoms with E-state index in [0.717, 1.165) is 28.8 Å². The van der Waals surface area contributed by atoms with Gasteiger partial charge in [-0.1, -0.05) is 24.6 Å². The molecule has 0 saturated carbocycles. The van der Waals surface area contributed by atoms with E-state index in [9.17, 15) is 4.39 Å². The molecule has 3 aromatic rings. The number of nitrogen functional groups attached to an aromatic ring is 1. The van der Waals surface area contributed by atoms with Gasteiger partial charge in [0.25, 0.3) is 0 Å². The van der Waals surface area contributed by atoms with E-state index < -0.39 is 5.82 Å². The molecule has 5 nitrogen and oxygen atoms in total. The van der Waals surface area contributed by atoms with E-state index in [2.05, 4.69) is 10.1 Å². The molecule has 110 valence electrons. The predicted molar refractivity (Wildman–Crippen MR) is 80.8 cm³/mol. The Hall–Kier alpha value is -2.08. The average Bonchev–Trinajstić information content (AvgIpc) is 2.92. The van der Waals surface area contributed by atoms with Crippen molar-refractivity contribution in [3.05, 3.63) is 40.3 Å². The summed E-state index contributed by atoms with van der Waals surface area (Å²) in [6, 6.07) is 4.63. The highest BCUT2D eigenvalue weighted by Crippen LogP contribution is 2.24. The standard InChI is InChI=1S/C14H15ClFN5/c1-3-11-12-13(20(2)19-11)21(14(17)18-12)7-8-4-5-10(16)9(15)6-8/h4-6H,3,7H2,1-2H3,(H2,17,18). The van der Waals surface area contributed by atoms with Gasteiger partial charge in [0, 0.05) is 7.05 Å². The van der Waals surface area contributed by atoms with Crippen molar-refractivity contribution >= 4 is 28.7 Å². The number of fused-ring (bicyclic) bond motifs is 1. The molecule has 0 unspecified atom stereocenters. The third kappa shape index (κ3) is 2.25. The van der Waals surface area contributed by atoms with Crippen LogP contribution >= 0.6 is 11.6 Å². The van der Waals surface area contributed by atoms with Gasteiger partial charge in [-0.25, -0.2) is 9.37 Å². The first kappa shape index (κ1) is 13.9. The summed E-state index contributed by atoms with van der Waals surface area (Å²) in [5, 5.41) is 4.53. The number of anilines is 1. The summed E-state index contributed by atoms with van der Waals surface area (Å²) >= 11 is 5.82. The van der Waals surface area contributed by atoms with Crippen LogP contribution in [0.3, 0.4) is 0 Å². The molecule has 0 amide bonds. The first-order valence-corrected chi connectivity index (χ1v) is 7.00. The zero-order valence-corrected chi connectivity index (χ0v) is 12.5. The van der Waals surface area contributed by atoms with Crippen molar-refractivity contribution in [2.75, 3.05) is 5.73 Å². The molecule has 2 heterocycles. The lowest BCUT2D eigenvalue weighted by molar-refractivity contribution is 0.626. The Bertz CT molecular complexity index is 820. The lowest BCUT2D eigenvalue weighted by Crippen LogP contribution is -2.08. The van der Waals surface area contributed by atoms with Gasteiger partial charge in [-0.2, -0.15) is 5.10 Å². The number of nitrogens with two attached hydrogens (primary N) is 1. The Morgan fingerprint density at radius 1 is 1.38 bits per heavy atom. The lowest BCUT2D eigenvalue weighted by Gasteiger charge is -2.07. The van der Waals surface area contributed by atoms with Crippen molar-refractivity contribution in [2.45, 2.75) is 19.9 Å². The number of rotatable bonds is 3. The minimum Gasteiger partial charge on any atom is -0.369 e. The Labute approximate surface area is 126 Å². The van der Waals surface area contributed by atoms with Crippen molar-refractivity contribution < 1.29 is 4.39 Å². The summed E-state index contributed by atoms with van der Waals surface area (Å²) in [6.07, 6.45) is 0.788. The van der Waals surface area contributed by atoms with Crippen LogP contribution in [0, 0.1) is 5.82 Å². The second-order valence-electron chi connectivity index (χ2n) is 4.90. The first-order chi connectivity index (χ1) is 10.0. The van der Waals surface area contributed by atoms with Crippen molar-refractivity contribution in [3.63, 3.8) is 0 Å². The summed E-state index contributed by atoms with van der Waals surface area (Å²) in [7, 11) is 1.86. The Morgan fingerprint density at radius 3 is 2.81 bits per heavy atom. The molecular weight excluding hydrogens is 293 g/mol. The van der Waals surface area contributed by atoms with E-state index in [1.165, 1.54) is 6.07 Å². The number of nitrogens with zero attached hydrogens (tertiary/aromatic N) is 4. The van der Waals surface area contributed by atoms with Crippen LogP contribution in [0.2, 0.25) is 5.02 Å². The summed E-state index contributed by atoms with van der Waals surface area (Å²) < 4.78 is 16.9. The maximum absolute atomic E-state index is 13.2. The molecule has 0 atom stereocenters. The number of imidazole rings is 1. The molecule has 0 aliphatic rings. The molecule has 7 heteroatoms. The van der Waals surface area contributed by atoms with Gasteiger partial charge in [-0.3, -0.25) is 9.25 Å². The van der Waals surface area contributed by atoms with E-state index in [1.807, 2.05) is 18.5 Å². The summed E-state index contributed by atoms with van der Waals surface area (Å²) in [6.45, 7) is 2.49. The number of aryl methyl sites for hydroxylation is 2. The van der Waals surface area contributed by atoms with Crippen molar-refractivity contribution in [2.24, 2.45) is 7.05 Å². The molecule has 0 bridgehead atoms. The topological polar surface area (TPSA) is 61.7 Å². The summed E-state index contributed by atoms with van der Waals surface area (Å²) in [5.74, 6) is -0.0221. The zero-order chi connectivity index (χ0) is 15.1. The second kappa shape index (κ2) is 5.04. The SMILES string of the molecule is CCc1nn(C)c2c1nc(N)n2Cc1ccc(F)c(Cl)c1. The fourth-order valence-corrected chi connectivity index (χ4v) is 2.68. The number of benzene rings is 1. The largest absolute Gasteiger partial charge is 0.369 e. The van der Waals surface area contributed by atoms with Crippen LogP contribution in [0.4, 0.5) is 10.3 Å². The highest BCUT2D eigenvalue weighted by molar-refractivity contribution is 6.30. The number of halogens is 2. The van der Waals surface area contributed by atoms with Gasteiger partial charge in [0.15, 0.2) is 5.65 Å². The molecule has 1 aromatic carbocycles. The molecule has 0 aliphatic carbocycles. The van der Waals surface area contributed by atoms with E-state index in [0.29, 0.717) is 12.5 Å². The average molecular weight is 308 g/mol. The van der Waals surface area contributed by atoms with Crippen LogP contribution in [-0.4, -0.2) is 19.3 Å². The Balaban J connectivity index is 2.09. The molecule has 0 spiro atoms. The monoisotopic (exact) mass is 307 g/mol. The van der Waals surface area contributed by atoms with Gasteiger partial charge < -0.3 is 5.73 Å². The Kier molecular flexibility index (Phi) is 3.33. The van der Waals surface area contributed by atoms with Gasteiger partial charge in [0.05, 0.1) is 17.3 Å². The van der Waals surface area contributed by atoms with Gasteiger partial charge >= 0.3 is 0 Å². The van der Waals surface area contributed by atoms with Crippen LogP contribution in [0.1, 0.15) is 18.2 Å². The molecular formula is C14H15ClFN5. The number of aromatic nitrogens is 4. The third-order valence-electron chi connectivity index (χ3n) is 3.48. The molecule has 2 N–H and O–H groups in total. The third-order valence-corrected chi connectivity index (χ3v) is 3.77. The van der Waals surface area contributed by atoms with E-state index in [1.54, 1.807) is 16.8 Å². The van der Waals surface area contributed by atoms with Gasteiger partial charge in [-0.05, 0) is 24.1 Å². The van der Waals surface area contributed by atoms with Crippen LogP contribution in [-0.2, 0) is 20.0 Å². The minimum atomic E-state index is -0.432. The molecule has 3 rings (SSSR count). The maximum Gasteiger partial charge on any atom is 0.202 e. The molecule has 0 aliphatic heterocycles.